The van der Waals surface area contributed by atoms with Gasteiger partial charge in [-0.25, -0.2) is 4.99 Å². The number of nitrogens with two attached hydrogens (primary N) is 1. The number of allylic oxidation sites excluding steroid dienone is 2. The molecule has 0 amide bonds. The molecule has 1 atom stereocenters. The van der Waals surface area contributed by atoms with Crippen LogP contribution in [-0.4, -0.2) is 37.2 Å². The molecule has 0 saturated carbocycles. The van der Waals surface area contributed by atoms with E-state index in [1.165, 1.54) is 0 Å². The maximum Gasteiger partial charge on any atom is 0.133 e. The van der Waals surface area contributed by atoms with Crippen molar-refractivity contribution in [3.63, 3.8) is 0 Å². The smallest absolute Gasteiger partial charge is 0.133 e. The fourth-order valence-electron chi connectivity index (χ4n) is 3.90. The molecule has 2 aromatic rings. The number of methoxy groups -OCH3 is 1. The minimum atomic E-state index is 0.166. The van der Waals surface area contributed by atoms with Crippen LogP contribution < -0.4 is 21.1 Å². The highest BCUT2D eigenvalue weighted by atomic mass is 16.5. The third kappa shape index (κ3) is 5.25. The zero-order valence-electron chi connectivity index (χ0n) is 18.3. The van der Waals surface area contributed by atoms with Gasteiger partial charge in [-0.2, -0.15) is 0 Å². The highest BCUT2D eigenvalue weighted by Crippen LogP contribution is 2.27. The van der Waals surface area contributed by atoms with E-state index in [4.69, 9.17) is 10.5 Å². The average Bonchev–Trinajstić information content (AvgIpc) is 3.24. The second kappa shape index (κ2) is 10.1. The third-order valence-corrected chi connectivity index (χ3v) is 5.51. The van der Waals surface area contributed by atoms with Crippen LogP contribution in [0.3, 0.4) is 0 Å². The van der Waals surface area contributed by atoms with Crippen LogP contribution in [0.25, 0.3) is 17.9 Å². The number of benzene rings is 2. The van der Waals surface area contributed by atoms with Gasteiger partial charge in [0, 0.05) is 29.2 Å². The highest BCUT2D eigenvalue weighted by molar-refractivity contribution is 5.79. The van der Waals surface area contributed by atoms with E-state index in [0.717, 1.165) is 58.0 Å². The monoisotopic (exact) mass is 417 g/mol. The Morgan fingerprint density at radius 3 is 2.81 bits per heavy atom. The number of hydrogen-bond donors (Lipinski definition) is 2. The van der Waals surface area contributed by atoms with Gasteiger partial charge in [0.15, 0.2) is 0 Å². The fraction of sp³-hybridized carbons (Fsp3) is 0.269. The number of ether oxygens (including phenoxy) is 1. The van der Waals surface area contributed by atoms with Crippen molar-refractivity contribution >= 4 is 29.4 Å². The maximum atomic E-state index is 9.70. The number of aliphatic imine (C=N–C) groups is 1. The lowest BCUT2D eigenvalue weighted by Crippen LogP contribution is -2.32. The zero-order valence-corrected chi connectivity index (χ0v) is 18.3. The molecule has 1 heterocycles. The first-order chi connectivity index (χ1) is 14.9. The largest absolute Gasteiger partial charge is 0.495 e. The van der Waals surface area contributed by atoms with Crippen LogP contribution in [0.4, 0.5) is 5.69 Å². The van der Waals surface area contributed by atoms with Gasteiger partial charge in [0.05, 0.1) is 25.6 Å². The average molecular weight is 418 g/mol. The van der Waals surface area contributed by atoms with Crippen molar-refractivity contribution in [3.8, 4) is 0 Å². The van der Waals surface area contributed by atoms with E-state index in [0.29, 0.717) is 5.84 Å². The first-order valence-corrected chi connectivity index (χ1v) is 10.5. The molecule has 3 N–H and O–H groups in total. The summed E-state index contributed by atoms with van der Waals surface area (Å²) in [4.78, 5) is 6.35. The van der Waals surface area contributed by atoms with E-state index in [9.17, 15) is 5.11 Å². The van der Waals surface area contributed by atoms with E-state index < -0.39 is 0 Å². The summed E-state index contributed by atoms with van der Waals surface area (Å²) in [6.07, 6.45) is 5.57. The van der Waals surface area contributed by atoms with Crippen LogP contribution in [0.2, 0.25) is 0 Å². The lowest BCUT2D eigenvalue weighted by Gasteiger charge is -2.25. The summed E-state index contributed by atoms with van der Waals surface area (Å²) in [6.45, 7) is 11.2. The van der Waals surface area contributed by atoms with Crippen LogP contribution in [0.15, 0.2) is 66.3 Å². The fourth-order valence-corrected chi connectivity index (χ4v) is 3.90. The standard InChI is InChI=1S/C26H31N3O2/c1-18(12-13-28-20(3)27)21-11-10-19(2)25(16-21)26(31-4)22-7-5-8-23(15-22)29-14-6-9-24(29)17-30/h5,7-8,10-13,15-16,24,30H,1-2,6,9,14,17H2,3-4H3,(H2,27,28)/b13-12-,26-25-. The molecule has 5 nitrogen and oxygen atoms in total. The number of aliphatic hydroxyl groups excluding tert-OH is 1. The number of hydrogen-bond acceptors (Lipinski definition) is 4. The van der Waals surface area contributed by atoms with Crippen LogP contribution in [-0.2, 0) is 4.74 Å². The van der Waals surface area contributed by atoms with Crippen molar-refractivity contribution in [2.75, 3.05) is 25.2 Å². The van der Waals surface area contributed by atoms with E-state index in [1.54, 1.807) is 20.2 Å². The summed E-state index contributed by atoms with van der Waals surface area (Å²) in [6, 6.07) is 14.4. The van der Waals surface area contributed by atoms with Crippen LogP contribution in [0, 0.1) is 0 Å². The predicted octanol–water partition coefficient (Wildman–Crippen LogP) is 2.76. The first kappa shape index (κ1) is 22.4. The van der Waals surface area contributed by atoms with Crippen molar-refractivity contribution in [1.29, 1.82) is 0 Å². The van der Waals surface area contributed by atoms with Gasteiger partial charge in [0.25, 0.3) is 0 Å². The molecule has 1 saturated heterocycles. The first-order valence-electron chi connectivity index (χ1n) is 10.5. The van der Waals surface area contributed by atoms with Gasteiger partial charge in [-0.3, -0.25) is 0 Å². The number of amidine groups is 1. The molecular formula is C26H31N3O2. The number of aliphatic hydroxyl groups is 1. The molecule has 1 fully saturated rings. The summed E-state index contributed by atoms with van der Waals surface area (Å²) < 4.78 is 5.84. The number of nitrogens with zero attached hydrogens (tertiary/aromatic N) is 2. The SMILES string of the molecule is C=C(/C=C\N=C(C)N)c1ccc(=C)/c(=C(\OC)c2cccc(N3CCCC3CO)c2)c1. The molecule has 31 heavy (non-hydrogen) atoms. The van der Waals surface area contributed by atoms with E-state index in [1.807, 2.05) is 36.4 Å². The van der Waals surface area contributed by atoms with E-state index in [-0.39, 0.29) is 12.6 Å². The molecular weight excluding hydrogens is 386 g/mol. The second-order valence-corrected chi connectivity index (χ2v) is 7.74. The summed E-state index contributed by atoms with van der Waals surface area (Å²) in [5, 5.41) is 11.5. The summed E-state index contributed by atoms with van der Waals surface area (Å²) in [5.41, 5.74) is 9.41. The van der Waals surface area contributed by atoms with Gasteiger partial charge in [0.1, 0.15) is 5.76 Å². The van der Waals surface area contributed by atoms with Gasteiger partial charge in [-0.05, 0) is 60.4 Å². The van der Waals surface area contributed by atoms with Crippen molar-refractivity contribution in [3.05, 3.63) is 82.9 Å². The quantitative estimate of drug-likeness (QED) is 0.413. The van der Waals surface area contributed by atoms with E-state index in [2.05, 4.69) is 35.2 Å². The van der Waals surface area contributed by atoms with Gasteiger partial charge in [-0.1, -0.05) is 37.4 Å². The summed E-state index contributed by atoms with van der Waals surface area (Å²) in [7, 11) is 1.67. The normalized spacial score (nSPS) is 17.8. The van der Waals surface area contributed by atoms with Crippen LogP contribution in [0.5, 0.6) is 0 Å². The number of rotatable bonds is 7. The minimum absolute atomic E-state index is 0.166. The Hall–Kier alpha value is -3.31. The van der Waals surface area contributed by atoms with Crippen molar-refractivity contribution < 1.29 is 9.84 Å². The van der Waals surface area contributed by atoms with E-state index >= 15 is 0 Å². The van der Waals surface area contributed by atoms with Gasteiger partial charge < -0.3 is 20.5 Å². The topological polar surface area (TPSA) is 71.1 Å². The molecule has 0 bridgehead atoms. The highest BCUT2D eigenvalue weighted by Gasteiger charge is 2.24. The van der Waals surface area contributed by atoms with Crippen molar-refractivity contribution in [1.82, 2.24) is 0 Å². The van der Waals surface area contributed by atoms with Gasteiger partial charge >= 0.3 is 0 Å². The molecule has 2 aromatic carbocycles. The Bertz CT molecular complexity index is 1110. The Labute approximate surface area is 184 Å². The van der Waals surface area contributed by atoms with Gasteiger partial charge in [0.2, 0.25) is 0 Å². The molecule has 0 aliphatic carbocycles. The molecule has 1 unspecified atom stereocenters. The third-order valence-electron chi connectivity index (χ3n) is 5.51. The molecule has 162 valence electrons. The molecule has 0 spiro atoms. The lowest BCUT2D eigenvalue weighted by atomic mass is 10.0. The molecule has 0 radical (unpaired) electrons. The predicted molar refractivity (Wildman–Crippen MR) is 130 cm³/mol. The Balaban J connectivity index is 2.05. The molecule has 3 rings (SSSR count). The van der Waals surface area contributed by atoms with Crippen LogP contribution in [0.1, 0.15) is 30.9 Å². The molecule has 1 aliphatic rings. The van der Waals surface area contributed by atoms with Crippen molar-refractivity contribution in [2.24, 2.45) is 10.7 Å². The Morgan fingerprint density at radius 2 is 2.10 bits per heavy atom. The van der Waals surface area contributed by atoms with Gasteiger partial charge in [-0.15, -0.1) is 0 Å². The summed E-state index contributed by atoms with van der Waals surface area (Å²) in [5.74, 6) is 1.25. The zero-order chi connectivity index (χ0) is 22.4. The Morgan fingerprint density at radius 1 is 1.29 bits per heavy atom. The van der Waals surface area contributed by atoms with Crippen molar-refractivity contribution in [2.45, 2.75) is 25.8 Å². The molecule has 0 aromatic heterocycles. The molecule has 1 aliphatic heterocycles. The molecule has 5 heteroatoms. The minimum Gasteiger partial charge on any atom is -0.495 e. The lowest BCUT2D eigenvalue weighted by molar-refractivity contribution is 0.266. The maximum absolute atomic E-state index is 9.70. The van der Waals surface area contributed by atoms with Crippen LogP contribution >= 0.6 is 0 Å². The second-order valence-electron chi connectivity index (χ2n) is 7.74. The summed E-state index contributed by atoms with van der Waals surface area (Å²) >= 11 is 0. The number of anilines is 1. The Kier molecular flexibility index (Phi) is 7.32.